The van der Waals surface area contributed by atoms with Crippen LogP contribution in [0.25, 0.3) is 21.0 Å². The van der Waals surface area contributed by atoms with Crippen molar-refractivity contribution in [2.24, 2.45) is 0 Å². The van der Waals surface area contributed by atoms with E-state index in [1.807, 2.05) is 54.6 Å². The van der Waals surface area contributed by atoms with Crippen LogP contribution in [0, 0.1) is 0 Å². The van der Waals surface area contributed by atoms with Crippen LogP contribution >= 0.6 is 11.5 Å². The summed E-state index contributed by atoms with van der Waals surface area (Å²) in [5.74, 6) is -0.321. The molecule has 4 aromatic rings. The normalized spacial score (nSPS) is 11.0. The number of hydrogen-bond donors (Lipinski definition) is 0. The van der Waals surface area contributed by atoms with Crippen LogP contribution in [-0.4, -0.2) is 15.6 Å². The van der Waals surface area contributed by atoms with E-state index in [1.165, 1.54) is 11.5 Å². The lowest BCUT2D eigenvalue weighted by Gasteiger charge is -2.06. The molecule has 0 N–H and O–H groups in total. The number of hydrogen-bond acceptors (Lipinski definition) is 5. The van der Waals surface area contributed by atoms with Crippen molar-refractivity contribution in [1.82, 2.24) is 9.59 Å². The highest BCUT2D eigenvalue weighted by Gasteiger charge is 2.10. The monoisotopic (exact) mass is 320 g/mol. The smallest absolute Gasteiger partial charge is 0.338 e. The second-order valence-electron chi connectivity index (χ2n) is 5.18. The molecule has 5 heteroatoms. The Kier molecular flexibility index (Phi) is 3.48. The van der Waals surface area contributed by atoms with Crippen molar-refractivity contribution in [2.75, 3.05) is 0 Å². The van der Waals surface area contributed by atoms with Crippen molar-refractivity contribution in [3.05, 3.63) is 71.8 Å². The minimum Gasteiger partial charge on any atom is -0.457 e. The molecule has 4 rings (SSSR count). The fourth-order valence-electron chi connectivity index (χ4n) is 2.50. The van der Waals surface area contributed by atoms with Crippen LogP contribution in [0.5, 0.6) is 0 Å². The predicted octanol–water partition coefficient (Wildman–Crippen LogP) is 4.20. The van der Waals surface area contributed by atoms with Gasteiger partial charge < -0.3 is 4.74 Å². The summed E-state index contributed by atoms with van der Waals surface area (Å²) in [7, 11) is 0. The average Bonchev–Trinajstić information content (AvgIpc) is 3.09. The summed E-state index contributed by atoms with van der Waals surface area (Å²) in [5, 5.41) is 6.10. The van der Waals surface area contributed by atoms with Gasteiger partial charge in [0.2, 0.25) is 0 Å². The van der Waals surface area contributed by atoms with Gasteiger partial charge in [-0.2, -0.15) is 0 Å². The zero-order valence-corrected chi connectivity index (χ0v) is 12.9. The van der Waals surface area contributed by atoms with E-state index in [4.69, 9.17) is 4.74 Å². The second-order valence-corrected chi connectivity index (χ2v) is 5.94. The molecule has 0 atom stereocenters. The molecule has 0 aliphatic heterocycles. The topological polar surface area (TPSA) is 52.1 Å². The van der Waals surface area contributed by atoms with Gasteiger partial charge in [0.05, 0.1) is 10.3 Å². The van der Waals surface area contributed by atoms with Crippen LogP contribution in [0.4, 0.5) is 0 Å². The van der Waals surface area contributed by atoms with Crippen molar-refractivity contribution in [3.8, 4) is 0 Å². The molecule has 0 saturated carbocycles. The van der Waals surface area contributed by atoms with Crippen LogP contribution < -0.4 is 0 Å². The van der Waals surface area contributed by atoms with Crippen LogP contribution in [0.3, 0.4) is 0 Å². The molecular formula is C18H12N2O2S. The summed E-state index contributed by atoms with van der Waals surface area (Å²) in [6.07, 6.45) is 0. The zero-order valence-electron chi connectivity index (χ0n) is 12.1. The maximum Gasteiger partial charge on any atom is 0.338 e. The van der Waals surface area contributed by atoms with Crippen LogP contribution in [0.15, 0.2) is 60.7 Å². The molecular weight excluding hydrogens is 308 g/mol. The Balaban J connectivity index is 1.61. The quantitative estimate of drug-likeness (QED) is 0.531. The molecule has 3 aromatic carbocycles. The van der Waals surface area contributed by atoms with Crippen molar-refractivity contribution in [1.29, 1.82) is 0 Å². The van der Waals surface area contributed by atoms with Crippen LogP contribution in [0.2, 0.25) is 0 Å². The minimum absolute atomic E-state index is 0.273. The molecule has 1 aromatic heterocycles. The largest absolute Gasteiger partial charge is 0.457 e. The molecule has 0 bridgehead atoms. The number of rotatable bonds is 3. The third kappa shape index (κ3) is 2.66. The summed E-state index contributed by atoms with van der Waals surface area (Å²) >= 11 is 1.36. The third-order valence-electron chi connectivity index (χ3n) is 3.68. The van der Waals surface area contributed by atoms with Gasteiger partial charge >= 0.3 is 5.97 Å². The number of fused-ring (bicyclic) bond motifs is 3. The Labute approximate surface area is 136 Å². The van der Waals surface area contributed by atoms with Gasteiger partial charge in [0.15, 0.2) is 0 Å². The molecule has 0 spiro atoms. The number of benzene rings is 3. The van der Waals surface area contributed by atoms with Crippen molar-refractivity contribution >= 4 is 38.5 Å². The van der Waals surface area contributed by atoms with Crippen LogP contribution in [0.1, 0.15) is 15.9 Å². The van der Waals surface area contributed by atoms with Crippen LogP contribution in [-0.2, 0) is 11.3 Å². The van der Waals surface area contributed by atoms with E-state index in [0.717, 1.165) is 26.6 Å². The first-order valence-electron chi connectivity index (χ1n) is 7.17. The zero-order chi connectivity index (χ0) is 15.6. The Morgan fingerprint density at radius 2 is 1.91 bits per heavy atom. The molecule has 4 nitrogen and oxygen atoms in total. The second kappa shape index (κ2) is 5.78. The van der Waals surface area contributed by atoms with Gasteiger partial charge in [-0.25, -0.2) is 4.79 Å². The van der Waals surface area contributed by atoms with E-state index in [9.17, 15) is 4.79 Å². The summed E-state index contributed by atoms with van der Waals surface area (Å²) < 4.78 is 10.4. The molecule has 1 heterocycles. The first-order valence-corrected chi connectivity index (χ1v) is 7.94. The Morgan fingerprint density at radius 3 is 2.78 bits per heavy atom. The number of esters is 1. The van der Waals surface area contributed by atoms with E-state index in [1.54, 1.807) is 6.07 Å². The molecule has 0 fully saturated rings. The number of nitrogens with zero attached hydrogens (tertiary/aromatic N) is 2. The number of ether oxygens (including phenoxy) is 1. The summed E-state index contributed by atoms with van der Waals surface area (Å²) in [5.41, 5.74) is 2.39. The van der Waals surface area contributed by atoms with Gasteiger partial charge in [0.1, 0.15) is 12.1 Å². The Bertz CT molecular complexity index is 996. The van der Waals surface area contributed by atoms with Gasteiger partial charge in [0.25, 0.3) is 0 Å². The fraction of sp³-hybridized carbons (Fsp3) is 0.0556. The first kappa shape index (κ1) is 13.8. The number of carbonyl (C=O) groups excluding carboxylic acids is 1. The summed E-state index contributed by atoms with van der Waals surface area (Å²) in [6, 6.07) is 19.1. The third-order valence-corrected chi connectivity index (χ3v) is 4.45. The van der Waals surface area contributed by atoms with Gasteiger partial charge in [-0.05, 0) is 40.7 Å². The molecule has 0 unspecified atom stereocenters. The number of carbonyl (C=O) groups is 1. The van der Waals surface area contributed by atoms with Gasteiger partial charge in [-0.15, -0.1) is 5.10 Å². The van der Waals surface area contributed by atoms with Gasteiger partial charge in [0, 0.05) is 5.39 Å². The lowest BCUT2D eigenvalue weighted by Crippen LogP contribution is -2.05. The van der Waals surface area contributed by atoms with Crippen molar-refractivity contribution in [2.45, 2.75) is 6.61 Å². The Morgan fingerprint density at radius 1 is 1.04 bits per heavy atom. The molecule has 0 amide bonds. The maximum atomic E-state index is 12.2. The number of aromatic nitrogens is 2. The fourth-order valence-corrected chi connectivity index (χ4v) is 3.20. The Hall–Kier alpha value is -2.79. The lowest BCUT2D eigenvalue weighted by atomic mass is 10.1. The van der Waals surface area contributed by atoms with E-state index in [-0.39, 0.29) is 12.6 Å². The van der Waals surface area contributed by atoms with Crippen molar-refractivity contribution < 1.29 is 9.53 Å². The average molecular weight is 320 g/mol. The highest BCUT2D eigenvalue weighted by molar-refractivity contribution is 7.14. The molecule has 0 aliphatic rings. The SMILES string of the molecule is O=C(OCc1ccccc1)c1ccc2c(ccc3nnsc32)c1. The lowest BCUT2D eigenvalue weighted by molar-refractivity contribution is 0.0473. The first-order chi connectivity index (χ1) is 11.3. The molecule has 0 aliphatic carbocycles. The summed E-state index contributed by atoms with van der Waals surface area (Å²) in [4.78, 5) is 12.2. The standard InChI is InChI=1S/C18H12N2O2S/c21-18(22-11-12-4-2-1-3-5-12)14-6-8-15-13(10-14)7-9-16-17(15)23-20-19-16/h1-10H,11H2. The molecule has 0 radical (unpaired) electrons. The molecule has 0 saturated heterocycles. The predicted molar refractivity (Wildman–Crippen MR) is 90.5 cm³/mol. The van der Waals surface area contributed by atoms with E-state index in [0.29, 0.717) is 5.56 Å². The van der Waals surface area contributed by atoms with E-state index >= 15 is 0 Å². The van der Waals surface area contributed by atoms with Gasteiger partial charge in [-0.3, -0.25) is 0 Å². The molecule has 112 valence electrons. The maximum absolute atomic E-state index is 12.2. The highest BCUT2D eigenvalue weighted by Crippen LogP contribution is 2.27. The van der Waals surface area contributed by atoms with Gasteiger partial charge in [-0.1, -0.05) is 47.0 Å². The molecule has 23 heavy (non-hydrogen) atoms. The highest BCUT2D eigenvalue weighted by atomic mass is 32.1. The van der Waals surface area contributed by atoms with Crippen molar-refractivity contribution in [3.63, 3.8) is 0 Å². The minimum atomic E-state index is -0.321. The summed E-state index contributed by atoms with van der Waals surface area (Å²) in [6.45, 7) is 0.273. The van der Waals surface area contributed by atoms with E-state index < -0.39 is 0 Å². The van der Waals surface area contributed by atoms with E-state index in [2.05, 4.69) is 9.59 Å².